The summed E-state index contributed by atoms with van der Waals surface area (Å²) in [5.74, 6) is 1.41. The Balaban J connectivity index is 1.63. The van der Waals surface area contributed by atoms with Gasteiger partial charge in [0.15, 0.2) is 0 Å². The highest BCUT2D eigenvalue weighted by atomic mass is 16.5. The van der Waals surface area contributed by atoms with Gasteiger partial charge in [-0.15, -0.1) is 0 Å². The molecule has 2 aromatic rings. The summed E-state index contributed by atoms with van der Waals surface area (Å²) < 4.78 is 11.5. The largest absolute Gasteiger partial charge is 0.494 e. The minimum atomic E-state index is -0.142. The molecule has 0 heterocycles. The van der Waals surface area contributed by atoms with Gasteiger partial charge in [0.25, 0.3) is 0 Å². The predicted octanol–water partition coefficient (Wildman–Crippen LogP) is 4.20. The summed E-state index contributed by atoms with van der Waals surface area (Å²) in [6, 6.07) is 16.3. The van der Waals surface area contributed by atoms with E-state index in [1.165, 1.54) is 23.3 Å². The zero-order valence-corrected chi connectivity index (χ0v) is 19.2. The first kappa shape index (κ1) is 25.7. The number of unbranched alkanes of at least 4 members (excludes halogenated alkanes) is 2. The van der Waals surface area contributed by atoms with Crippen LogP contribution in [0.5, 0.6) is 11.5 Å². The lowest BCUT2D eigenvalue weighted by Gasteiger charge is -2.09. The number of carbonyl (C=O) groups excluding carboxylic acids is 2. The lowest BCUT2D eigenvalue weighted by atomic mass is 10.0. The first-order valence-electron chi connectivity index (χ1n) is 11.3. The molecule has 0 radical (unpaired) electrons. The van der Waals surface area contributed by atoms with E-state index in [0.29, 0.717) is 26.3 Å². The molecule has 176 valence electrons. The molecule has 0 aliphatic rings. The van der Waals surface area contributed by atoms with E-state index in [0.717, 1.165) is 43.6 Å². The Kier molecular flexibility index (Phi) is 11.9. The number of rotatable bonds is 16. The SMILES string of the molecule is C=CC(=O)NCCCCOc1ccc(Cc2ccc(OCCCCNC(=O)C=C)cc2)cc1. The van der Waals surface area contributed by atoms with Crippen molar-refractivity contribution in [3.8, 4) is 11.5 Å². The van der Waals surface area contributed by atoms with Gasteiger partial charge in [0.05, 0.1) is 13.2 Å². The molecule has 0 aliphatic heterocycles. The molecule has 0 bridgehead atoms. The number of hydrogen-bond donors (Lipinski definition) is 2. The molecule has 0 spiro atoms. The lowest BCUT2D eigenvalue weighted by molar-refractivity contribution is -0.117. The molecule has 0 atom stereocenters. The number of benzene rings is 2. The van der Waals surface area contributed by atoms with Crippen molar-refractivity contribution in [2.24, 2.45) is 0 Å². The molecule has 6 nitrogen and oxygen atoms in total. The van der Waals surface area contributed by atoms with E-state index in [9.17, 15) is 9.59 Å². The van der Waals surface area contributed by atoms with Crippen LogP contribution in [0.3, 0.4) is 0 Å². The van der Waals surface area contributed by atoms with Crippen molar-refractivity contribution < 1.29 is 19.1 Å². The van der Waals surface area contributed by atoms with Gasteiger partial charge in [-0.1, -0.05) is 37.4 Å². The van der Waals surface area contributed by atoms with E-state index in [1.807, 2.05) is 24.3 Å². The van der Waals surface area contributed by atoms with Crippen molar-refractivity contribution in [2.45, 2.75) is 32.1 Å². The Morgan fingerprint density at radius 1 is 0.667 bits per heavy atom. The molecule has 2 N–H and O–H groups in total. The molecule has 0 unspecified atom stereocenters. The Hall–Kier alpha value is -3.54. The van der Waals surface area contributed by atoms with E-state index in [4.69, 9.17) is 9.47 Å². The van der Waals surface area contributed by atoms with Crippen LogP contribution in [0.4, 0.5) is 0 Å². The molecule has 0 fully saturated rings. The van der Waals surface area contributed by atoms with Crippen LogP contribution in [0.1, 0.15) is 36.8 Å². The maximum absolute atomic E-state index is 11.1. The molecule has 33 heavy (non-hydrogen) atoms. The third-order valence-corrected chi connectivity index (χ3v) is 4.90. The van der Waals surface area contributed by atoms with E-state index in [-0.39, 0.29) is 11.8 Å². The summed E-state index contributed by atoms with van der Waals surface area (Å²) in [7, 11) is 0. The third kappa shape index (κ3) is 11.1. The van der Waals surface area contributed by atoms with Gasteiger partial charge in [-0.05, 0) is 79.6 Å². The maximum Gasteiger partial charge on any atom is 0.243 e. The first-order chi connectivity index (χ1) is 16.1. The standard InChI is InChI=1S/C27H34N2O4/c1-3-26(30)28-17-5-7-19-32-24-13-9-22(10-14-24)21-23-11-15-25(16-12-23)33-20-8-6-18-29-27(31)4-2/h3-4,9-16H,1-2,5-8,17-21H2,(H,28,30)(H,29,31). The number of amides is 2. The molecule has 0 aliphatic carbocycles. The van der Waals surface area contributed by atoms with Gasteiger partial charge in [0, 0.05) is 13.1 Å². The van der Waals surface area contributed by atoms with E-state index in [1.54, 1.807) is 0 Å². The molecular formula is C27H34N2O4. The van der Waals surface area contributed by atoms with E-state index < -0.39 is 0 Å². The van der Waals surface area contributed by atoms with Crippen LogP contribution in [0.15, 0.2) is 73.8 Å². The van der Waals surface area contributed by atoms with Gasteiger partial charge in [0.1, 0.15) is 11.5 Å². The van der Waals surface area contributed by atoms with Gasteiger partial charge in [-0.25, -0.2) is 0 Å². The van der Waals surface area contributed by atoms with Crippen LogP contribution in [0.25, 0.3) is 0 Å². The van der Waals surface area contributed by atoms with Crippen LogP contribution in [0, 0.1) is 0 Å². The number of nitrogens with one attached hydrogen (secondary N) is 2. The Labute approximate surface area is 196 Å². The smallest absolute Gasteiger partial charge is 0.243 e. The van der Waals surface area contributed by atoms with Crippen molar-refractivity contribution in [3.05, 3.63) is 85.0 Å². The topological polar surface area (TPSA) is 76.7 Å². The van der Waals surface area contributed by atoms with Crippen LogP contribution >= 0.6 is 0 Å². The van der Waals surface area contributed by atoms with Crippen LogP contribution in [-0.4, -0.2) is 38.1 Å². The lowest BCUT2D eigenvalue weighted by Crippen LogP contribution is -2.22. The average molecular weight is 451 g/mol. The second-order valence-corrected chi connectivity index (χ2v) is 7.57. The summed E-state index contributed by atoms with van der Waals surface area (Å²) in [6.07, 6.45) is 6.87. The van der Waals surface area contributed by atoms with Gasteiger partial charge < -0.3 is 20.1 Å². The number of carbonyl (C=O) groups is 2. The second-order valence-electron chi connectivity index (χ2n) is 7.57. The van der Waals surface area contributed by atoms with E-state index in [2.05, 4.69) is 48.1 Å². The van der Waals surface area contributed by atoms with Gasteiger partial charge in [-0.2, -0.15) is 0 Å². The van der Waals surface area contributed by atoms with Crippen LogP contribution in [-0.2, 0) is 16.0 Å². The monoisotopic (exact) mass is 450 g/mol. The number of hydrogen-bond acceptors (Lipinski definition) is 4. The van der Waals surface area contributed by atoms with E-state index >= 15 is 0 Å². The molecule has 2 amide bonds. The predicted molar refractivity (Wildman–Crippen MR) is 132 cm³/mol. The second kappa shape index (κ2) is 15.3. The van der Waals surface area contributed by atoms with Crippen LogP contribution < -0.4 is 20.1 Å². The first-order valence-corrected chi connectivity index (χ1v) is 11.3. The third-order valence-electron chi connectivity index (χ3n) is 4.90. The molecule has 0 saturated carbocycles. The molecule has 2 rings (SSSR count). The molecule has 0 aromatic heterocycles. The fraction of sp³-hybridized carbons (Fsp3) is 0.333. The van der Waals surface area contributed by atoms with Crippen molar-refractivity contribution in [1.29, 1.82) is 0 Å². The maximum atomic E-state index is 11.1. The molecular weight excluding hydrogens is 416 g/mol. The summed E-state index contributed by atoms with van der Waals surface area (Å²) in [4.78, 5) is 22.1. The average Bonchev–Trinajstić information content (AvgIpc) is 2.85. The summed E-state index contributed by atoms with van der Waals surface area (Å²) >= 11 is 0. The van der Waals surface area contributed by atoms with Crippen molar-refractivity contribution >= 4 is 11.8 Å². The van der Waals surface area contributed by atoms with Gasteiger partial charge >= 0.3 is 0 Å². The summed E-state index contributed by atoms with van der Waals surface area (Å²) in [5.41, 5.74) is 2.43. The highest BCUT2D eigenvalue weighted by molar-refractivity contribution is 5.87. The zero-order valence-electron chi connectivity index (χ0n) is 19.2. The van der Waals surface area contributed by atoms with Gasteiger partial charge in [-0.3, -0.25) is 9.59 Å². The Morgan fingerprint density at radius 2 is 1.06 bits per heavy atom. The highest BCUT2D eigenvalue weighted by Crippen LogP contribution is 2.18. The highest BCUT2D eigenvalue weighted by Gasteiger charge is 2.01. The number of ether oxygens (including phenoxy) is 2. The van der Waals surface area contributed by atoms with Gasteiger partial charge in [0.2, 0.25) is 11.8 Å². The Morgan fingerprint density at radius 3 is 1.42 bits per heavy atom. The fourth-order valence-electron chi connectivity index (χ4n) is 3.04. The van der Waals surface area contributed by atoms with Crippen molar-refractivity contribution in [3.63, 3.8) is 0 Å². The molecule has 0 saturated heterocycles. The minimum absolute atomic E-state index is 0.142. The summed E-state index contributed by atoms with van der Waals surface area (Å²) in [5, 5.41) is 5.50. The van der Waals surface area contributed by atoms with Crippen LogP contribution in [0.2, 0.25) is 0 Å². The normalized spacial score (nSPS) is 10.2. The van der Waals surface area contributed by atoms with Crippen molar-refractivity contribution in [1.82, 2.24) is 10.6 Å². The molecule has 6 heteroatoms. The molecule has 2 aromatic carbocycles. The van der Waals surface area contributed by atoms with Crippen molar-refractivity contribution in [2.75, 3.05) is 26.3 Å². The Bertz CT molecular complexity index is 802. The summed E-state index contributed by atoms with van der Waals surface area (Å²) in [6.45, 7) is 9.35. The zero-order chi connectivity index (χ0) is 23.7. The quantitative estimate of drug-likeness (QED) is 0.297. The minimum Gasteiger partial charge on any atom is -0.494 e. The fourth-order valence-corrected chi connectivity index (χ4v) is 3.04.